The van der Waals surface area contributed by atoms with E-state index >= 15 is 0 Å². The Morgan fingerprint density at radius 2 is 1.80 bits per heavy atom. The number of nitrogens with two attached hydrogens (primary N) is 1. The summed E-state index contributed by atoms with van der Waals surface area (Å²) in [6.45, 7) is 2.69. The molecule has 0 saturated carbocycles. The first kappa shape index (κ1) is 23.3. The lowest BCUT2D eigenvalue weighted by Gasteiger charge is -2.19. The minimum atomic E-state index is -1.16. The smallest absolute Gasteiger partial charge is 0.251 e. The molecule has 158 valence electrons. The molecule has 2 rings (SSSR count). The number of ketones is 1. The molecule has 7 heteroatoms. The fourth-order valence-electron chi connectivity index (χ4n) is 2.74. The first-order chi connectivity index (χ1) is 14.4. The number of hydrogen-bond donors (Lipinski definition) is 5. The predicted octanol–water partition coefficient (Wildman–Crippen LogP) is 0.175. The molecule has 6 N–H and O–H groups in total. The molecular weight excluding hydrogens is 382 g/mol. The van der Waals surface area contributed by atoms with E-state index in [1.165, 1.54) is 6.92 Å². The Morgan fingerprint density at radius 3 is 2.43 bits per heavy atom. The number of hydrogen-bond acceptors (Lipinski definition) is 6. The standard InChI is InChI=1S/C23H27N3O4/c1-16(28)22(21(29)15-27)26-23(30)20-9-7-17(8-10-20)5-6-18-3-2-4-19(13-18)14-25-12-11-24/h2-4,7-10,13,16,22,25,27-28H,11-12,14-15,24H2,1H3,(H,26,30)/t16-,22+/m1/s1. The van der Waals surface area contributed by atoms with Crippen LogP contribution in [0.4, 0.5) is 0 Å². The molecule has 1 amide bonds. The number of carbonyl (C=O) groups excluding carboxylic acids is 2. The molecule has 0 aliphatic rings. The van der Waals surface area contributed by atoms with E-state index in [4.69, 9.17) is 10.8 Å². The van der Waals surface area contributed by atoms with E-state index in [1.807, 2.05) is 24.3 Å². The minimum Gasteiger partial charge on any atom is -0.391 e. The summed E-state index contributed by atoms with van der Waals surface area (Å²) in [5.41, 5.74) is 8.53. The number of benzene rings is 2. The van der Waals surface area contributed by atoms with Gasteiger partial charge in [-0.3, -0.25) is 9.59 Å². The quantitative estimate of drug-likeness (QED) is 0.297. The van der Waals surface area contributed by atoms with Crippen molar-refractivity contribution in [3.05, 3.63) is 70.8 Å². The molecule has 0 fully saturated rings. The fourth-order valence-corrected chi connectivity index (χ4v) is 2.74. The number of rotatable bonds is 9. The van der Waals surface area contributed by atoms with Crippen LogP contribution < -0.4 is 16.4 Å². The Morgan fingerprint density at radius 1 is 1.10 bits per heavy atom. The van der Waals surface area contributed by atoms with Gasteiger partial charge in [-0.1, -0.05) is 24.0 Å². The van der Waals surface area contributed by atoms with Crippen LogP contribution in [0.15, 0.2) is 48.5 Å². The number of Topliss-reactive ketones (excluding diaryl/α,β-unsaturated/α-hetero) is 1. The molecule has 2 aromatic carbocycles. The molecule has 7 nitrogen and oxygen atoms in total. The number of carbonyl (C=O) groups is 2. The molecule has 0 heterocycles. The lowest BCUT2D eigenvalue weighted by Crippen LogP contribution is -2.48. The third-order valence-electron chi connectivity index (χ3n) is 4.35. The first-order valence-electron chi connectivity index (χ1n) is 9.69. The van der Waals surface area contributed by atoms with E-state index in [0.717, 1.165) is 29.8 Å². The number of aliphatic hydroxyl groups is 2. The van der Waals surface area contributed by atoms with Gasteiger partial charge in [0.05, 0.1) is 6.10 Å². The van der Waals surface area contributed by atoms with Crippen molar-refractivity contribution in [3.63, 3.8) is 0 Å². The van der Waals surface area contributed by atoms with Crippen molar-refractivity contribution in [1.29, 1.82) is 0 Å². The third kappa shape index (κ3) is 7.10. The van der Waals surface area contributed by atoms with Crippen molar-refractivity contribution in [2.75, 3.05) is 19.7 Å². The van der Waals surface area contributed by atoms with Crippen molar-refractivity contribution in [2.24, 2.45) is 5.73 Å². The average molecular weight is 409 g/mol. The van der Waals surface area contributed by atoms with Gasteiger partial charge in [0.15, 0.2) is 5.78 Å². The maximum absolute atomic E-state index is 12.3. The van der Waals surface area contributed by atoms with Crippen molar-refractivity contribution in [1.82, 2.24) is 10.6 Å². The molecule has 0 unspecified atom stereocenters. The van der Waals surface area contributed by atoms with Gasteiger partial charge < -0.3 is 26.6 Å². The van der Waals surface area contributed by atoms with Crippen LogP contribution in [0.1, 0.15) is 34.0 Å². The van der Waals surface area contributed by atoms with Gasteiger partial charge in [0.1, 0.15) is 12.6 Å². The van der Waals surface area contributed by atoms with E-state index < -0.39 is 30.4 Å². The highest BCUT2D eigenvalue weighted by Crippen LogP contribution is 2.07. The summed E-state index contributed by atoms with van der Waals surface area (Å²) in [5, 5.41) is 24.3. The lowest BCUT2D eigenvalue weighted by atomic mass is 10.1. The molecule has 2 aromatic rings. The number of amides is 1. The predicted molar refractivity (Wildman–Crippen MR) is 115 cm³/mol. The van der Waals surface area contributed by atoms with Crippen molar-refractivity contribution in [2.45, 2.75) is 25.6 Å². The summed E-state index contributed by atoms with van der Waals surface area (Å²) in [7, 11) is 0. The second-order valence-corrected chi connectivity index (χ2v) is 6.81. The van der Waals surface area contributed by atoms with Gasteiger partial charge >= 0.3 is 0 Å². The second-order valence-electron chi connectivity index (χ2n) is 6.81. The molecule has 0 aromatic heterocycles. The van der Waals surface area contributed by atoms with Gasteiger partial charge in [-0.15, -0.1) is 0 Å². The van der Waals surface area contributed by atoms with Crippen LogP contribution in [0.3, 0.4) is 0 Å². The second kappa shape index (κ2) is 11.9. The lowest BCUT2D eigenvalue weighted by molar-refractivity contribution is -0.125. The highest BCUT2D eigenvalue weighted by atomic mass is 16.3. The van der Waals surface area contributed by atoms with Crippen LogP contribution in [0.2, 0.25) is 0 Å². The molecule has 0 radical (unpaired) electrons. The summed E-state index contributed by atoms with van der Waals surface area (Å²) >= 11 is 0. The summed E-state index contributed by atoms with van der Waals surface area (Å²) in [6, 6.07) is 13.3. The van der Waals surface area contributed by atoms with Crippen molar-refractivity contribution < 1.29 is 19.8 Å². The van der Waals surface area contributed by atoms with Crippen LogP contribution in [0.25, 0.3) is 0 Å². The molecule has 0 saturated heterocycles. The zero-order valence-corrected chi connectivity index (χ0v) is 16.9. The Hall–Kier alpha value is -3.02. The van der Waals surface area contributed by atoms with Crippen molar-refractivity contribution >= 4 is 11.7 Å². The maximum Gasteiger partial charge on any atom is 0.251 e. The highest BCUT2D eigenvalue weighted by molar-refractivity contribution is 5.98. The fraction of sp³-hybridized carbons (Fsp3) is 0.304. The Kier molecular flexibility index (Phi) is 9.19. The van der Waals surface area contributed by atoms with Crippen LogP contribution in [0.5, 0.6) is 0 Å². The van der Waals surface area contributed by atoms with Crippen LogP contribution in [-0.4, -0.2) is 53.7 Å². The summed E-state index contributed by atoms with van der Waals surface area (Å²) in [6.07, 6.45) is -1.11. The van der Waals surface area contributed by atoms with E-state index in [2.05, 4.69) is 22.5 Å². The van der Waals surface area contributed by atoms with Crippen LogP contribution >= 0.6 is 0 Å². The zero-order chi connectivity index (χ0) is 21.9. The summed E-state index contributed by atoms with van der Waals surface area (Å²) in [5.74, 6) is 4.99. The Labute approximate surface area is 176 Å². The average Bonchev–Trinajstić information content (AvgIpc) is 2.76. The normalized spacial score (nSPS) is 12.4. The van der Waals surface area contributed by atoms with E-state index in [0.29, 0.717) is 12.1 Å². The van der Waals surface area contributed by atoms with Gasteiger partial charge in [0.25, 0.3) is 5.91 Å². The van der Waals surface area contributed by atoms with Gasteiger partial charge in [0, 0.05) is 36.3 Å². The third-order valence-corrected chi connectivity index (χ3v) is 4.35. The maximum atomic E-state index is 12.3. The molecular formula is C23H27N3O4. The summed E-state index contributed by atoms with van der Waals surface area (Å²) < 4.78 is 0. The summed E-state index contributed by atoms with van der Waals surface area (Å²) in [4.78, 5) is 23.9. The zero-order valence-electron chi connectivity index (χ0n) is 16.9. The van der Waals surface area contributed by atoms with E-state index in [-0.39, 0.29) is 0 Å². The molecule has 30 heavy (non-hydrogen) atoms. The topological polar surface area (TPSA) is 125 Å². The molecule has 0 spiro atoms. The molecule has 0 bridgehead atoms. The highest BCUT2D eigenvalue weighted by Gasteiger charge is 2.25. The molecule has 0 aliphatic heterocycles. The van der Waals surface area contributed by atoms with Crippen molar-refractivity contribution in [3.8, 4) is 11.8 Å². The Bertz CT molecular complexity index is 914. The van der Waals surface area contributed by atoms with Crippen LogP contribution in [0, 0.1) is 11.8 Å². The number of nitrogens with one attached hydrogen (secondary N) is 2. The van der Waals surface area contributed by atoms with Crippen LogP contribution in [-0.2, 0) is 11.3 Å². The van der Waals surface area contributed by atoms with Gasteiger partial charge in [0.2, 0.25) is 0 Å². The number of aliphatic hydroxyl groups excluding tert-OH is 2. The Balaban J connectivity index is 2.04. The largest absolute Gasteiger partial charge is 0.391 e. The van der Waals surface area contributed by atoms with E-state index in [9.17, 15) is 14.7 Å². The SMILES string of the molecule is C[C@@H](O)[C@H](NC(=O)c1ccc(C#Cc2cccc(CNCCN)c2)cc1)C(=O)CO. The van der Waals surface area contributed by atoms with Gasteiger partial charge in [-0.05, 0) is 48.9 Å². The first-order valence-corrected chi connectivity index (χ1v) is 9.69. The minimum absolute atomic E-state index is 0.324. The molecule has 0 aliphatic carbocycles. The van der Waals surface area contributed by atoms with E-state index in [1.54, 1.807) is 24.3 Å². The van der Waals surface area contributed by atoms with Gasteiger partial charge in [-0.25, -0.2) is 0 Å². The van der Waals surface area contributed by atoms with Gasteiger partial charge in [-0.2, -0.15) is 0 Å². The monoisotopic (exact) mass is 409 g/mol. The molecule has 2 atom stereocenters.